The summed E-state index contributed by atoms with van der Waals surface area (Å²) in [5, 5.41) is 2.87. The van der Waals surface area contributed by atoms with Crippen LogP contribution in [0.4, 0.5) is 4.39 Å². The Labute approximate surface area is 118 Å². The highest BCUT2D eigenvalue weighted by Crippen LogP contribution is 2.38. The molecule has 0 fully saturated rings. The Bertz CT molecular complexity index is 689. The quantitative estimate of drug-likeness (QED) is 0.787. The third-order valence-corrected chi connectivity index (χ3v) is 4.69. The van der Waals surface area contributed by atoms with Crippen LogP contribution in [0.3, 0.4) is 0 Å². The number of hydrogen-bond donors (Lipinski definition) is 1. The molecule has 1 aromatic carbocycles. The zero-order chi connectivity index (χ0) is 13.2. The maximum Gasteiger partial charge on any atom is 0.123 e. The molecule has 2 heterocycles. The fourth-order valence-electron chi connectivity index (χ4n) is 1.86. The molecule has 2 N–H and O–H groups in total. The number of nitrogens with two attached hydrogens (primary N) is 1. The van der Waals surface area contributed by atoms with Gasteiger partial charge in [-0.2, -0.15) is 0 Å². The van der Waals surface area contributed by atoms with E-state index in [1.165, 1.54) is 23.5 Å². The van der Waals surface area contributed by atoms with Crippen molar-refractivity contribution in [3.05, 3.63) is 52.6 Å². The summed E-state index contributed by atoms with van der Waals surface area (Å²) in [6.45, 7) is 0.401. The van der Waals surface area contributed by atoms with Crippen molar-refractivity contribution in [2.75, 3.05) is 0 Å². The summed E-state index contributed by atoms with van der Waals surface area (Å²) < 4.78 is 13.4. The number of thiazole rings is 1. The Morgan fingerprint density at radius 2 is 2.11 bits per heavy atom. The van der Waals surface area contributed by atoms with Gasteiger partial charge < -0.3 is 5.73 Å². The largest absolute Gasteiger partial charge is 0.325 e. The molecule has 0 radical (unpaired) electrons. The molecule has 3 rings (SSSR count). The topological polar surface area (TPSA) is 38.9 Å². The van der Waals surface area contributed by atoms with Crippen molar-refractivity contribution in [3.63, 3.8) is 0 Å². The molecule has 2 aromatic heterocycles. The van der Waals surface area contributed by atoms with E-state index in [0.29, 0.717) is 6.54 Å². The van der Waals surface area contributed by atoms with Crippen LogP contribution >= 0.6 is 22.7 Å². The first kappa shape index (κ1) is 12.5. The lowest BCUT2D eigenvalue weighted by Gasteiger charge is -2.00. The van der Waals surface area contributed by atoms with Gasteiger partial charge in [0.25, 0.3) is 0 Å². The highest BCUT2D eigenvalue weighted by Gasteiger charge is 2.15. The normalized spacial score (nSPS) is 10.8. The third kappa shape index (κ3) is 2.45. The minimum absolute atomic E-state index is 0.239. The number of rotatable bonds is 3. The first-order valence-electron chi connectivity index (χ1n) is 5.77. The molecule has 96 valence electrons. The standard InChI is InChI=1S/C14H11FN2S2/c15-10-4-1-3-9(7-10)14-13(11-5-2-6-18-11)17-12(8-16)19-14/h1-7H,8,16H2. The van der Waals surface area contributed by atoms with Crippen molar-refractivity contribution < 1.29 is 4.39 Å². The van der Waals surface area contributed by atoms with Crippen molar-refractivity contribution in [1.29, 1.82) is 0 Å². The van der Waals surface area contributed by atoms with E-state index >= 15 is 0 Å². The first-order valence-corrected chi connectivity index (χ1v) is 7.47. The first-order chi connectivity index (χ1) is 9.28. The van der Waals surface area contributed by atoms with Crippen LogP contribution in [0.25, 0.3) is 21.0 Å². The summed E-state index contributed by atoms with van der Waals surface area (Å²) >= 11 is 3.15. The van der Waals surface area contributed by atoms with E-state index in [-0.39, 0.29) is 5.82 Å². The Morgan fingerprint density at radius 3 is 2.79 bits per heavy atom. The van der Waals surface area contributed by atoms with Crippen molar-refractivity contribution in [2.45, 2.75) is 6.54 Å². The van der Waals surface area contributed by atoms with Crippen LogP contribution in [0.2, 0.25) is 0 Å². The fourth-order valence-corrected chi connectivity index (χ4v) is 3.60. The number of thiophene rings is 1. The van der Waals surface area contributed by atoms with E-state index in [1.54, 1.807) is 17.4 Å². The van der Waals surface area contributed by atoms with E-state index in [0.717, 1.165) is 26.0 Å². The molecule has 0 aliphatic heterocycles. The predicted molar refractivity (Wildman–Crippen MR) is 78.7 cm³/mol. The minimum Gasteiger partial charge on any atom is -0.325 e. The van der Waals surface area contributed by atoms with Gasteiger partial charge in [0.15, 0.2) is 0 Å². The molecule has 0 aliphatic carbocycles. The lowest BCUT2D eigenvalue weighted by molar-refractivity contribution is 0.628. The Hall–Kier alpha value is -1.56. The number of nitrogens with zero attached hydrogens (tertiary/aromatic N) is 1. The Kier molecular flexibility index (Phi) is 3.42. The SMILES string of the molecule is NCc1nc(-c2cccs2)c(-c2cccc(F)c2)s1. The molecule has 0 saturated carbocycles. The number of halogens is 1. The van der Waals surface area contributed by atoms with Gasteiger partial charge in [-0.15, -0.1) is 22.7 Å². The lowest BCUT2D eigenvalue weighted by atomic mass is 10.1. The van der Waals surface area contributed by atoms with Crippen molar-refractivity contribution in [2.24, 2.45) is 5.73 Å². The summed E-state index contributed by atoms with van der Waals surface area (Å²) in [6, 6.07) is 10.6. The molecule has 0 spiro atoms. The van der Waals surface area contributed by atoms with Crippen LogP contribution in [0.15, 0.2) is 41.8 Å². The molecule has 19 heavy (non-hydrogen) atoms. The molecule has 0 saturated heterocycles. The summed E-state index contributed by atoms with van der Waals surface area (Å²) in [6.07, 6.45) is 0. The monoisotopic (exact) mass is 290 g/mol. The van der Waals surface area contributed by atoms with E-state index < -0.39 is 0 Å². The summed E-state index contributed by atoms with van der Waals surface area (Å²) in [7, 11) is 0. The number of benzene rings is 1. The summed E-state index contributed by atoms with van der Waals surface area (Å²) in [5.41, 5.74) is 7.41. The maximum absolute atomic E-state index is 13.4. The van der Waals surface area contributed by atoms with Gasteiger partial charge in [-0.3, -0.25) is 0 Å². The highest BCUT2D eigenvalue weighted by atomic mass is 32.1. The fraction of sp³-hybridized carbons (Fsp3) is 0.0714. The Morgan fingerprint density at radius 1 is 1.21 bits per heavy atom. The van der Waals surface area contributed by atoms with Gasteiger partial charge in [0.2, 0.25) is 0 Å². The van der Waals surface area contributed by atoms with E-state index in [2.05, 4.69) is 4.98 Å². The second-order valence-electron chi connectivity index (χ2n) is 3.98. The molecular weight excluding hydrogens is 279 g/mol. The minimum atomic E-state index is -0.239. The van der Waals surface area contributed by atoms with Gasteiger partial charge in [-0.25, -0.2) is 9.37 Å². The van der Waals surface area contributed by atoms with Gasteiger partial charge in [-0.1, -0.05) is 18.2 Å². The smallest absolute Gasteiger partial charge is 0.123 e. The van der Waals surface area contributed by atoms with Crippen LogP contribution < -0.4 is 5.73 Å². The van der Waals surface area contributed by atoms with Gasteiger partial charge in [0.05, 0.1) is 15.4 Å². The molecule has 5 heteroatoms. The zero-order valence-corrected chi connectivity index (χ0v) is 11.6. The summed E-state index contributed by atoms with van der Waals surface area (Å²) in [4.78, 5) is 6.61. The highest BCUT2D eigenvalue weighted by molar-refractivity contribution is 7.17. The van der Waals surface area contributed by atoms with Gasteiger partial charge in [-0.05, 0) is 29.1 Å². The predicted octanol–water partition coefficient (Wildman–Crippen LogP) is 4.14. The molecule has 2 nitrogen and oxygen atoms in total. The molecule has 3 aromatic rings. The second kappa shape index (κ2) is 5.21. The lowest BCUT2D eigenvalue weighted by Crippen LogP contribution is -1.94. The number of aromatic nitrogens is 1. The second-order valence-corrected chi connectivity index (χ2v) is 6.01. The van der Waals surface area contributed by atoms with E-state index in [9.17, 15) is 4.39 Å². The van der Waals surface area contributed by atoms with Crippen LogP contribution in [-0.4, -0.2) is 4.98 Å². The van der Waals surface area contributed by atoms with Gasteiger partial charge in [0.1, 0.15) is 10.8 Å². The average Bonchev–Trinajstić information content (AvgIpc) is 3.07. The van der Waals surface area contributed by atoms with Gasteiger partial charge >= 0.3 is 0 Å². The average molecular weight is 290 g/mol. The summed E-state index contributed by atoms with van der Waals surface area (Å²) in [5.74, 6) is -0.239. The molecule has 0 bridgehead atoms. The molecule has 0 aliphatic rings. The van der Waals surface area contributed by atoms with Crippen LogP contribution in [0.5, 0.6) is 0 Å². The third-order valence-electron chi connectivity index (χ3n) is 2.69. The van der Waals surface area contributed by atoms with E-state index in [4.69, 9.17) is 5.73 Å². The van der Waals surface area contributed by atoms with Crippen molar-refractivity contribution in [3.8, 4) is 21.0 Å². The number of hydrogen-bond acceptors (Lipinski definition) is 4. The van der Waals surface area contributed by atoms with Crippen molar-refractivity contribution >= 4 is 22.7 Å². The van der Waals surface area contributed by atoms with Crippen LogP contribution in [0.1, 0.15) is 5.01 Å². The zero-order valence-electron chi connectivity index (χ0n) is 9.97. The molecule has 0 atom stereocenters. The van der Waals surface area contributed by atoms with E-state index in [1.807, 2.05) is 23.6 Å². The van der Waals surface area contributed by atoms with Gasteiger partial charge in [0, 0.05) is 6.54 Å². The molecule has 0 amide bonds. The van der Waals surface area contributed by atoms with Crippen LogP contribution in [0, 0.1) is 5.82 Å². The Balaban J connectivity index is 2.17. The molecule has 0 unspecified atom stereocenters. The van der Waals surface area contributed by atoms with Crippen LogP contribution in [-0.2, 0) is 6.54 Å². The maximum atomic E-state index is 13.4. The molecular formula is C14H11FN2S2. The van der Waals surface area contributed by atoms with Crippen molar-refractivity contribution in [1.82, 2.24) is 4.98 Å².